The second-order valence-electron chi connectivity index (χ2n) is 3.40. The van der Waals surface area contributed by atoms with Gasteiger partial charge in [0, 0.05) is 23.8 Å². The fraction of sp³-hybridized carbons (Fsp3) is 0.400. The molecule has 2 heteroatoms. The Morgan fingerprint density at radius 2 is 2.25 bits per heavy atom. The zero-order valence-electron chi connectivity index (χ0n) is 7.34. The quantitative estimate of drug-likeness (QED) is 0.595. The number of hydrogen-bond acceptors (Lipinski definition) is 1. The lowest BCUT2D eigenvalue weighted by Crippen LogP contribution is -2.23. The number of benzene rings is 1. The van der Waals surface area contributed by atoms with Crippen molar-refractivity contribution in [3.05, 3.63) is 28.8 Å². The highest BCUT2D eigenvalue weighted by atomic mass is 35.5. The van der Waals surface area contributed by atoms with Crippen LogP contribution in [0.3, 0.4) is 0 Å². The number of hydrogen-bond donors (Lipinski definition) is 0. The second-order valence-corrected chi connectivity index (χ2v) is 3.81. The van der Waals surface area contributed by atoms with Crippen LogP contribution in [0.4, 0.5) is 5.69 Å². The van der Waals surface area contributed by atoms with Gasteiger partial charge in [-0.2, -0.15) is 0 Å². The van der Waals surface area contributed by atoms with E-state index in [4.69, 9.17) is 11.6 Å². The molecule has 0 saturated heterocycles. The topological polar surface area (TPSA) is 3.24 Å². The van der Waals surface area contributed by atoms with Crippen molar-refractivity contribution in [2.45, 2.75) is 19.4 Å². The van der Waals surface area contributed by atoms with E-state index in [0.29, 0.717) is 6.04 Å². The number of rotatable bonds is 0. The molecule has 2 rings (SSSR count). The van der Waals surface area contributed by atoms with Crippen LogP contribution >= 0.6 is 11.6 Å². The first-order valence-corrected chi connectivity index (χ1v) is 4.58. The van der Waals surface area contributed by atoms with Crippen molar-refractivity contribution >= 4 is 17.3 Å². The van der Waals surface area contributed by atoms with Crippen molar-refractivity contribution in [3.8, 4) is 0 Å². The van der Waals surface area contributed by atoms with E-state index in [1.165, 1.54) is 11.3 Å². The summed E-state index contributed by atoms with van der Waals surface area (Å²) in [6, 6.07) is 6.69. The molecule has 0 aromatic heterocycles. The Hall–Kier alpha value is -0.690. The zero-order chi connectivity index (χ0) is 8.72. The van der Waals surface area contributed by atoms with Crippen LogP contribution < -0.4 is 4.90 Å². The molecule has 1 heterocycles. The van der Waals surface area contributed by atoms with Gasteiger partial charge in [-0.1, -0.05) is 17.7 Å². The molecule has 1 aliphatic heterocycles. The second kappa shape index (κ2) is 2.67. The van der Waals surface area contributed by atoms with Crippen molar-refractivity contribution in [1.29, 1.82) is 0 Å². The standard InChI is InChI=1S/C10H12ClN/c1-7-6-8-9(11)4-3-5-10(8)12(7)2/h3-5,7H,6H2,1-2H3/t7-/m0/s1. The van der Waals surface area contributed by atoms with Crippen LogP contribution in [0, 0.1) is 0 Å². The van der Waals surface area contributed by atoms with Crippen LogP contribution in [0.2, 0.25) is 5.02 Å². The molecule has 0 radical (unpaired) electrons. The zero-order valence-corrected chi connectivity index (χ0v) is 8.10. The third-order valence-electron chi connectivity index (χ3n) is 2.63. The first-order valence-electron chi connectivity index (χ1n) is 4.20. The molecule has 0 bridgehead atoms. The Bertz CT molecular complexity index is 309. The third kappa shape index (κ3) is 1.00. The number of fused-ring (bicyclic) bond motifs is 1. The minimum atomic E-state index is 0.583. The fourth-order valence-electron chi connectivity index (χ4n) is 1.75. The minimum Gasteiger partial charge on any atom is -0.371 e. The molecule has 0 saturated carbocycles. The lowest BCUT2D eigenvalue weighted by molar-refractivity contribution is 0.732. The summed E-state index contributed by atoms with van der Waals surface area (Å²) < 4.78 is 0. The molecule has 0 fully saturated rings. The SMILES string of the molecule is C[C@H]1Cc2c(Cl)cccc2N1C. The highest BCUT2D eigenvalue weighted by molar-refractivity contribution is 6.31. The van der Waals surface area contributed by atoms with Crippen molar-refractivity contribution in [1.82, 2.24) is 0 Å². The van der Waals surface area contributed by atoms with Gasteiger partial charge >= 0.3 is 0 Å². The number of anilines is 1. The molecule has 0 aliphatic carbocycles. The van der Waals surface area contributed by atoms with Crippen LogP contribution in [0.5, 0.6) is 0 Å². The summed E-state index contributed by atoms with van der Waals surface area (Å²) in [7, 11) is 2.12. The summed E-state index contributed by atoms with van der Waals surface area (Å²) in [6.45, 7) is 2.22. The van der Waals surface area contributed by atoms with E-state index in [1.54, 1.807) is 0 Å². The molecule has 1 aliphatic rings. The number of halogens is 1. The molecule has 12 heavy (non-hydrogen) atoms. The van der Waals surface area contributed by atoms with Crippen LogP contribution in [-0.4, -0.2) is 13.1 Å². The van der Waals surface area contributed by atoms with Crippen LogP contribution in [0.15, 0.2) is 18.2 Å². The molecule has 64 valence electrons. The van der Waals surface area contributed by atoms with Crippen molar-refractivity contribution < 1.29 is 0 Å². The van der Waals surface area contributed by atoms with Gasteiger partial charge in [-0.3, -0.25) is 0 Å². The molecule has 1 aromatic carbocycles. The van der Waals surface area contributed by atoms with Gasteiger partial charge in [0.05, 0.1) is 0 Å². The van der Waals surface area contributed by atoms with Gasteiger partial charge < -0.3 is 4.90 Å². The summed E-state index contributed by atoms with van der Waals surface area (Å²) in [5.41, 5.74) is 2.59. The van der Waals surface area contributed by atoms with Crippen LogP contribution in [-0.2, 0) is 6.42 Å². The summed E-state index contributed by atoms with van der Waals surface area (Å²) in [6.07, 6.45) is 1.07. The summed E-state index contributed by atoms with van der Waals surface area (Å²) in [5.74, 6) is 0. The van der Waals surface area contributed by atoms with E-state index in [-0.39, 0.29) is 0 Å². The first-order chi connectivity index (χ1) is 5.70. The Morgan fingerprint density at radius 1 is 1.50 bits per heavy atom. The molecular formula is C10H12ClN. The third-order valence-corrected chi connectivity index (χ3v) is 2.99. The summed E-state index contributed by atoms with van der Waals surface area (Å²) in [5, 5.41) is 0.906. The van der Waals surface area contributed by atoms with Crippen molar-refractivity contribution in [3.63, 3.8) is 0 Å². The maximum Gasteiger partial charge on any atom is 0.0459 e. The lowest BCUT2D eigenvalue weighted by atomic mass is 10.1. The Labute approximate surface area is 77.9 Å². The lowest BCUT2D eigenvalue weighted by Gasteiger charge is -2.17. The Kier molecular flexibility index (Phi) is 1.76. The largest absolute Gasteiger partial charge is 0.371 e. The normalized spacial score (nSPS) is 21.2. The minimum absolute atomic E-state index is 0.583. The van der Waals surface area contributed by atoms with Crippen LogP contribution in [0.25, 0.3) is 0 Å². The van der Waals surface area contributed by atoms with E-state index >= 15 is 0 Å². The maximum absolute atomic E-state index is 6.07. The molecule has 0 unspecified atom stereocenters. The van der Waals surface area contributed by atoms with Gasteiger partial charge in [0.15, 0.2) is 0 Å². The van der Waals surface area contributed by atoms with Crippen LogP contribution in [0.1, 0.15) is 12.5 Å². The van der Waals surface area contributed by atoms with Crippen molar-refractivity contribution in [2.75, 3.05) is 11.9 Å². The molecule has 1 nitrogen and oxygen atoms in total. The number of nitrogens with zero attached hydrogens (tertiary/aromatic N) is 1. The van der Waals surface area contributed by atoms with Gasteiger partial charge in [-0.15, -0.1) is 0 Å². The Balaban J connectivity index is 2.53. The van der Waals surface area contributed by atoms with E-state index in [2.05, 4.69) is 24.9 Å². The Morgan fingerprint density at radius 3 is 2.92 bits per heavy atom. The summed E-state index contributed by atoms with van der Waals surface area (Å²) >= 11 is 6.07. The molecule has 1 atom stereocenters. The number of likely N-dealkylation sites (N-methyl/N-ethyl adjacent to an activating group) is 1. The highest BCUT2D eigenvalue weighted by Crippen LogP contribution is 2.35. The van der Waals surface area contributed by atoms with E-state index in [9.17, 15) is 0 Å². The maximum atomic E-state index is 6.07. The first kappa shape index (κ1) is 7.93. The monoisotopic (exact) mass is 181 g/mol. The predicted octanol–water partition coefficient (Wildman–Crippen LogP) is 2.72. The van der Waals surface area contributed by atoms with Gasteiger partial charge in [-0.05, 0) is 31.0 Å². The smallest absolute Gasteiger partial charge is 0.0459 e. The predicted molar refractivity (Wildman–Crippen MR) is 53.0 cm³/mol. The molecule has 0 amide bonds. The van der Waals surface area contributed by atoms with Gasteiger partial charge in [-0.25, -0.2) is 0 Å². The van der Waals surface area contributed by atoms with Gasteiger partial charge in [0.2, 0.25) is 0 Å². The molecular weight excluding hydrogens is 170 g/mol. The molecule has 0 spiro atoms. The van der Waals surface area contributed by atoms with E-state index in [1.807, 2.05) is 12.1 Å². The highest BCUT2D eigenvalue weighted by Gasteiger charge is 2.23. The van der Waals surface area contributed by atoms with Gasteiger partial charge in [0.25, 0.3) is 0 Å². The van der Waals surface area contributed by atoms with Crippen molar-refractivity contribution in [2.24, 2.45) is 0 Å². The van der Waals surface area contributed by atoms with Gasteiger partial charge in [0.1, 0.15) is 0 Å². The van der Waals surface area contributed by atoms with E-state index in [0.717, 1.165) is 11.4 Å². The summed E-state index contributed by atoms with van der Waals surface area (Å²) in [4.78, 5) is 2.28. The average Bonchev–Trinajstić information content (AvgIpc) is 2.32. The van der Waals surface area contributed by atoms with E-state index < -0.39 is 0 Å². The average molecular weight is 182 g/mol. The fourth-order valence-corrected chi connectivity index (χ4v) is 2.00. The molecule has 0 N–H and O–H groups in total. The molecule has 1 aromatic rings.